The molecule has 0 amide bonds. The molecule has 0 aliphatic rings. The van der Waals surface area contributed by atoms with E-state index < -0.39 is 0 Å². The molecular weight excluding hydrogens is 446 g/mol. The van der Waals surface area contributed by atoms with Crippen molar-refractivity contribution in [1.29, 1.82) is 0 Å². The van der Waals surface area contributed by atoms with Crippen molar-refractivity contribution in [3.8, 4) is 0 Å². The van der Waals surface area contributed by atoms with Gasteiger partial charge < -0.3 is 9.98 Å². The quantitative estimate of drug-likeness (QED) is 0.406. The summed E-state index contributed by atoms with van der Waals surface area (Å²) < 4.78 is 0. The Kier molecular flexibility index (Phi) is 10.4. The van der Waals surface area contributed by atoms with E-state index in [0.717, 1.165) is 22.5 Å². The summed E-state index contributed by atoms with van der Waals surface area (Å²) in [7, 11) is 0. The zero-order valence-corrected chi connectivity index (χ0v) is 18.7. The van der Waals surface area contributed by atoms with Crippen LogP contribution in [0.15, 0.2) is 82.8 Å². The third-order valence-electron chi connectivity index (χ3n) is 2.91. The monoisotopic (exact) mass is 458 g/mol. The zero-order chi connectivity index (χ0) is 15.0. The van der Waals surface area contributed by atoms with Crippen molar-refractivity contribution in [3.63, 3.8) is 0 Å². The van der Waals surface area contributed by atoms with Gasteiger partial charge in [0.15, 0.2) is 0 Å². The SMILES string of the molecule is [C-](=Nc1[c-]cccc1)c1ccccc1[C-]=Nc1[c-]cccc1.[Y].[Y]. The molecule has 0 atom stereocenters. The molecule has 0 aliphatic carbocycles. The zero-order valence-electron chi connectivity index (χ0n) is 13.0. The van der Waals surface area contributed by atoms with Crippen LogP contribution in [0.4, 0.5) is 11.4 Å². The van der Waals surface area contributed by atoms with Gasteiger partial charge in [-0.25, -0.2) is 23.3 Å². The molecule has 2 radical (unpaired) electrons. The van der Waals surface area contributed by atoms with E-state index in [1.54, 1.807) is 0 Å². The fraction of sp³-hybridized carbons (Fsp3) is 0. The van der Waals surface area contributed by atoms with Gasteiger partial charge in [-0.1, -0.05) is 12.4 Å². The molecule has 3 aromatic rings. The van der Waals surface area contributed by atoms with E-state index in [2.05, 4.69) is 34.5 Å². The first kappa shape index (κ1) is 21.3. The summed E-state index contributed by atoms with van der Waals surface area (Å²) in [6.45, 7) is 0. The third-order valence-corrected chi connectivity index (χ3v) is 2.91. The minimum absolute atomic E-state index is 0. The van der Waals surface area contributed by atoms with Gasteiger partial charge in [0.2, 0.25) is 0 Å². The molecule has 0 fully saturated rings. The molecule has 112 valence electrons. The molecule has 0 unspecified atom stereocenters. The van der Waals surface area contributed by atoms with Crippen molar-refractivity contribution < 1.29 is 65.4 Å². The maximum atomic E-state index is 4.30. The van der Waals surface area contributed by atoms with Crippen LogP contribution in [0.2, 0.25) is 0 Å². The van der Waals surface area contributed by atoms with Crippen LogP contribution < -0.4 is 0 Å². The molecule has 0 aliphatic heterocycles. The van der Waals surface area contributed by atoms with Gasteiger partial charge in [-0.05, 0) is 0 Å². The van der Waals surface area contributed by atoms with Gasteiger partial charge in [-0.15, -0.1) is 23.5 Å². The maximum Gasteiger partial charge on any atom is 0 e. The second kappa shape index (κ2) is 11.7. The van der Waals surface area contributed by atoms with E-state index in [4.69, 9.17) is 0 Å². The van der Waals surface area contributed by atoms with Crippen molar-refractivity contribution in [2.45, 2.75) is 0 Å². The Labute approximate surface area is 193 Å². The Hall–Kier alpha value is -0.792. The number of para-hydroxylation sites is 2. The van der Waals surface area contributed by atoms with E-state index in [1.807, 2.05) is 72.8 Å². The second-order valence-electron chi connectivity index (χ2n) is 4.49. The molecule has 0 heterocycles. The van der Waals surface area contributed by atoms with Gasteiger partial charge in [-0.2, -0.15) is 60.7 Å². The summed E-state index contributed by atoms with van der Waals surface area (Å²) in [5, 5.41) is 0. The molecule has 3 rings (SSSR count). The number of hydrogen-bond acceptors (Lipinski definition) is 2. The molecule has 0 saturated heterocycles. The molecule has 4 heteroatoms. The molecule has 0 N–H and O–H groups in total. The normalized spacial score (nSPS) is 10.3. The van der Waals surface area contributed by atoms with Crippen molar-refractivity contribution in [1.82, 2.24) is 0 Å². The van der Waals surface area contributed by atoms with Gasteiger partial charge in [0.25, 0.3) is 0 Å². The average Bonchev–Trinajstić information content (AvgIpc) is 2.61. The molecule has 0 aromatic heterocycles. The summed E-state index contributed by atoms with van der Waals surface area (Å²) in [6.07, 6.45) is 6.05. The van der Waals surface area contributed by atoms with E-state index in [1.165, 1.54) is 0 Å². The Morgan fingerprint density at radius 3 is 1.38 bits per heavy atom. The smallest absolute Gasteiger partial charge is 0 e. The number of benzene rings is 3. The second-order valence-corrected chi connectivity index (χ2v) is 4.49. The number of hydrogen-bond donors (Lipinski definition) is 0. The summed E-state index contributed by atoms with van der Waals surface area (Å²) in [6, 6.07) is 28.9. The van der Waals surface area contributed by atoms with Crippen molar-refractivity contribution in [2.24, 2.45) is 9.98 Å². The van der Waals surface area contributed by atoms with Crippen molar-refractivity contribution in [3.05, 3.63) is 96.1 Å². The molecule has 0 spiro atoms. The molecule has 3 aromatic carbocycles. The van der Waals surface area contributed by atoms with Crippen LogP contribution in [0, 0.1) is 12.1 Å². The fourth-order valence-corrected chi connectivity index (χ4v) is 1.83. The topological polar surface area (TPSA) is 24.7 Å². The Balaban J connectivity index is 0.00000144. The summed E-state index contributed by atoms with van der Waals surface area (Å²) >= 11 is 0. The van der Waals surface area contributed by atoms with E-state index in [0.29, 0.717) is 0 Å². The largest absolute Gasteiger partial charge is 0.388 e. The Bertz CT molecular complexity index is 717. The standard InChI is InChI=1S/C20H12N2.2Y/c1-3-11-19(12-4-1)21-15-17-9-7-8-10-18(17)16-22-20-13-5-2-6-14-20;;/h1-11,13H;;/q-4;;. The first-order chi connectivity index (χ1) is 10.9. The van der Waals surface area contributed by atoms with Gasteiger partial charge in [0.05, 0.1) is 0 Å². The van der Waals surface area contributed by atoms with Crippen LogP contribution in [0.1, 0.15) is 11.1 Å². The first-order valence-electron chi connectivity index (χ1n) is 6.88. The maximum absolute atomic E-state index is 4.30. The van der Waals surface area contributed by atoms with E-state index >= 15 is 0 Å². The molecule has 0 saturated carbocycles. The summed E-state index contributed by atoms with van der Waals surface area (Å²) in [5.74, 6) is 0. The van der Waals surface area contributed by atoms with E-state index in [-0.39, 0.29) is 65.4 Å². The van der Waals surface area contributed by atoms with Crippen LogP contribution in [0.3, 0.4) is 0 Å². The number of aliphatic imine (C=N–C) groups is 2. The van der Waals surface area contributed by atoms with Crippen LogP contribution in [-0.4, -0.2) is 12.4 Å². The van der Waals surface area contributed by atoms with Crippen LogP contribution >= 0.6 is 0 Å². The van der Waals surface area contributed by atoms with Crippen molar-refractivity contribution >= 4 is 23.8 Å². The summed E-state index contributed by atoms with van der Waals surface area (Å²) in [5.41, 5.74) is 3.15. The Morgan fingerprint density at radius 1 is 0.583 bits per heavy atom. The van der Waals surface area contributed by atoms with Crippen molar-refractivity contribution in [2.75, 3.05) is 0 Å². The predicted molar refractivity (Wildman–Crippen MR) is 89.4 cm³/mol. The third kappa shape index (κ3) is 6.61. The fourth-order valence-electron chi connectivity index (χ4n) is 1.83. The number of rotatable bonds is 4. The molecule has 0 bridgehead atoms. The minimum atomic E-state index is 0. The summed E-state index contributed by atoms with van der Waals surface area (Å²) in [4.78, 5) is 8.59. The molecular formula is C20H12N2Y2-4. The minimum Gasteiger partial charge on any atom is -0.388 e. The van der Waals surface area contributed by atoms with Crippen LogP contribution in [0.5, 0.6) is 0 Å². The van der Waals surface area contributed by atoms with Gasteiger partial charge in [0, 0.05) is 65.4 Å². The van der Waals surface area contributed by atoms with Crippen LogP contribution in [0.25, 0.3) is 0 Å². The van der Waals surface area contributed by atoms with Gasteiger partial charge in [-0.3, -0.25) is 0 Å². The predicted octanol–water partition coefficient (Wildman–Crippen LogP) is 4.54. The number of nitrogens with zero attached hydrogens (tertiary/aromatic N) is 2. The Morgan fingerprint density at radius 2 is 1.00 bits per heavy atom. The van der Waals surface area contributed by atoms with Gasteiger partial charge >= 0.3 is 0 Å². The molecule has 24 heavy (non-hydrogen) atoms. The van der Waals surface area contributed by atoms with Crippen LogP contribution in [-0.2, 0) is 65.4 Å². The first-order valence-corrected chi connectivity index (χ1v) is 6.88. The van der Waals surface area contributed by atoms with Gasteiger partial charge in [0.1, 0.15) is 0 Å². The molecule has 2 nitrogen and oxygen atoms in total. The average molecular weight is 458 g/mol. The van der Waals surface area contributed by atoms with E-state index in [9.17, 15) is 0 Å².